The molecule has 0 aliphatic carbocycles. The number of nitriles is 1. The topological polar surface area (TPSA) is 39.1 Å². The smallest absolute Gasteiger partial charge is 0.0991 e. The summed E-state index contributed by atoms with van der Waals surface area (Å²) < 4.78 is 0. The molecule has 0 bridgehead atoms. The van der Waals surface area contributed by atoms with Crippen molar-refractivity contribution in [2.24, 2.45) is 0 Å². The van der Waals surface area contributed by atoms with Crippen LogP contribution >= 0.6 is 0 Å². The zero-order chi connectivity index (χ0) is 13.1. The van der Waals surface area contributed by atoms with Crippen molar-refractivity contribution < 1.29 is 0 Å². The minimum atomic E-state index is 0.549. The summed E-state index contributed by atoms with van der Waals surface area (Å²) in [6.07, 6.45) is 0. The molecular formula is C15H21N3. The monoisotopic (exact) mass is 243 g/mol. The summed E-state index contributed by atoms with van der Waals surface area (Å²) in [5.41, 5.74) is 3.29. The SMILES string of the molecule is Cc1cc(C#N)ccc1CN1CC(C)NC(C)C1. The number of hydrogen-bond donors (Lipinski definition) is 1. The van der Waals surface area contributed by atoms with Gasteiger partial charge in [-0.2, -0.15) is 5.26 Å². The lowest BCUT2D eigenvalue weighted by Crippen LogP contribution is -2.53. The zero-order valence-electron chi connectivity index (χ0n) is 11.4. The van der Waals surface area contributed by atoms with Gasteiger partial charge < -0.3 is 5.32 Å². The van der Waals surface area contributed by atoms with Crippen LogP contribution in [0.25, 0.3) is 0 Å². The van der Waals surface area contributed by atoms with E-state index in [0.29, 0.717) is 12.1 Å². The molecular weight excluding hydrogens is 222 g/mol. The van der Waals surface area contributed by atoms with Crippen LogP contribution in [0.15, 0.2) is 18.2 Å². The number of hydrogen-bond acceptors (Lipinski definition) is 3. The number of benzene rings is 1. The maximum atomic E-state index is 8.88. The van der Waals surface area contributed by atoms with Gasteiger partial charge in [-0.15, -0.1) is 0 Å². The van der Waals surface area contributed by atoms with Crippen molar-refractivity contribution in [3.05, 3.63) is 34.9 Å². The minimum absolute atomic E-state index is 0.549. The van der Waals surface area contributed by atoms with Crippen LogP contribution in [0.4, 0.5) is 0 Å². The Bertz CT molecular complexity index is 451. The first-order valence-corrected chi connectivity index (χ1v) is 6.56. The highest BCUT2D eigenvalue weighted by Gasteiger charge is 2.21. The van der Waals surface area contributed by atoms with E-state index >= 15 is 0 Å². The summed E-state index contributed by atoms with van der Waals surface area (Å²) >= 11 is 0. The van der Waals surface area contributed by atoms with Gasteiger partial charge in [-0.25, -0.2) is 0 Å². The molecule has 1 saturated heterocycles. The fourth-order valence-corrected chi connectivity index (χ4v) is 2.75. The molecule has 1 N–H and O–H groups in total. The van der Waals surface area contributed by atoms with Crippen molar-refractivity contribution in [1.29, 1.82) is 5.26 Å². The highest BCUT2D eigenvalue weighted by atomic mass is 15.2. The largest absolute Gasteiger partial charge is 0.309 e. The Morgan fingerprint density at radius 2 is 2.00 bits per heavy atom. The first kappa shape index (κ1) is 13.1. The minimum Gasteiger partial charge on any atom is -0.309 e. The summed E-state index contributed by atoms with van der Waals surface area (Å²) in [4.78, 5) is 2.49. The van der Waals surface area contributed by atoms with Crippen LogP contribution in [0, 0.1) is 18.3 Å². The molecule has 2 rings (SSSR count). The molecule has 2 atom stereocenters. The van der Waals surface area contributed by atoms with Crippen LogP contribution in [-0.2, 0) is 6.54 Å². The number of aryl methyl sites for hydroxylation is 1. The average molecular weight is 243 g/mol. The first-order valence-electron chi connectivity index (χ1n) is 6.56. The summed E-state index contributed by atoms with van der Waals surface area (Å²) in [5, 5.41) is 12.4. The van der Waals surface area contributed by atoms with Crippen LogP contribution in [-0.4, -0.2) is 30.1 Å². The molecule has 3 heteroatoms. The molecule has 3 nitrogen and oxygen atoms in total. The Morgan fingerprint density at radius 3 is 2.56 bits per heavy atom. The molecule has 18 heavy (non-hydrogen) atoms. The van der Waals surface area contributed by atoms with Crippen LogP contribution in [0.5, 0.6) is 0 Å². The van der Waals surface area contributed by atoms with Gasteiger partial charge in [-0.1, -0.05) is 6.07 Å². The zero-order valence-corrected chi connectivity index (χ0v) is 11.4. The summed E-state index contributed by atoms with van der Waals surface area (Å²) in [7, 11) is 0. The Labute approximate surface area is 109 Å². The van der Waals surface area contributed by atoms with Crippen LogP contribution in [0.1, 0.15) is 30.5 Å². The van der Waals surface area contributed by atoms with E-state index in [9.17, 15) is 0 Å². The Balaban J connectivity index is 2.07. The molecule has 1 aliphatic rings. The van der Waals surface area contributed by atoms with Gasteiger partial charge in [0.15, 0.2) is 0 Å². The first-order chi connectivity index (χ1) is 8.58. The molecule has 0 spiro atoms. The van der Waals surface area contributed by atoms with Crippen molar-refractivity contribution in [1.82, 2.24) is 10.2 Å². The molecule has 1 aromatic carbocycles. The molecule has 0 amide bonds. The average Bonchev–Trinajstić information content (AvgIpc) is 2.30. The predicted octanol–water partition coefficient (Wildman–Crippen LogP) is 2.05. The second kappa shape index (κ2) is 5.51. The Kier molecular flexibility index (Phi) is 4.00. The van der Waals surface area contributed by atoms with Gasteiger partial charge >= 0.3 is 0 Å². The fourth-order valence-electron chi connectivity index (χ4n) is 2.75. The maximum Gasteiger partial charge on any atom is 0.0991 e. The summed E-state index contributed by atoms with van der Waals surface area (Å²) in [5.74, 6) is 0. The van der Waals surface area contributed by atoms with Gasteiger partial charge in [0.1, 0.15) is 0 Å². The molecule has 96 valence electrons. The molecule has 1 heterocycles. The Hall–Kier alpha value is -1.37. The van der Waals surface area contributed by atoms with Gasteiger partial charge in [0.25, 0.3) is 0 Å². The maximum absolute atomic E-state index is 8.88. The molecule has 0 aromatic heterocycles. The quantitative estimate of drug-likeness (QED) is 0.864. The van der Waals surface area contributed by atoms with E-state index in [4.69, 9.17) is 5.26 Å². The molecule has 1 aliphatic heterocycles. The molecule has 2 unspecified atom stereocenters. The van der Waals surface area contributed by atoms with Crippen LogP contribution in [0.2, 0.25) is 0 Å². The van der Waals surface area contributed by atoms with E-state index in [1.165, 1.54) is 11.1 Å². The predicted molar refractivity (Wildman–Crippen MR) is 73.2 cm³/mol. The van der Waals surface area contributed by atoms with Crippen molar-refractivity contribution in [3.8, 4) is 6.07 Å². The van der Waals surface area contributed by atoms with E-state index in [-0.39, 0.29) is 0 Å². The number of piperazine rings is 1. The third-order valence-corrected chi connectivity index (χ3v) is 3.50. The van der Waals surface area contributed by atoms with Gasteiger partial charge in [-0.05, 0) is 44.0 Å². The normalized spacial score (nSPS) is 24.8. The number of nitrogens with one attached hydrogen (secondary N) is 1. The van der Waals surface area contributed by atoms with E-state index in [0.717, 1.165) is 25.2 Å². The third kappa shape index (κ3) is 3.10. The second-order valence-corrected chi connectivity index (χ2v) is 5.42. The fraction of sp³-hybridized carbons (Fsp3) is 0.533. The summed E-state index contributed by atoms with van der Waals surface area (Å²) in [6, 6.07) is 9.27. The summed E-state index contributed by atoms with van der Waals surface area (Å²) in [6.45, 7) is 9.70. The highest BCUT2D eigenvalue weighted by molar-refractivity contribution is 5.37. The lowest BCUT2D eigenvalue weighted by molar-refractivity contribution is 0.166. The standard InChI is InChI=1S/C15H21N3/c1-11-6-14(7-16)4-5-15(11)10-18-8-12(2)17-13(3)9-18/h4-6,12-13,17H,8-10H2,1-3H3. The van der Waals surface area contributed by atoms with E-state index < -0.39 is 0 Å². The van der Waals surface area contributed by atoms with Crippen molar-refractivity contribution >= 4 is 0 Å². The van der Waals surface area contributed by atoms with Gasteiger partial charge in [0.05, 0.1) is 11.6 Å². The molecule has 0 radical (unpaired) electrons. The van der Waals surface area contributed by atoms with Crippen molar-refractivity contribution in [3.63, 3.8) is 0 Å². The number of nitrogens with zero attached hydrogens (tertiary/aromatic N) is 2. The van der Waals surface area contributed by atoms with Gasteiger partial charge in [0.2, 0.25) is 0 Å². The van der Waals surface area contributed by atoms with Crippen LogP contribution in [0.3, 0.4) is 0 Å². The second-order valence-electron chi connectivity index (χ2n) is 5.42. The van der Waals surface area contributed by atoms with Crippen molar-refractivity contribution in [2.75, 3.05) is 13.1 Å². The molecule has 1 aromatic rings. The van der Waals surface area contributed by atoms with E-state index in [2.05, 4.69) is 43.1 Å². The molecule has 1 fully saturated rings. The van der Waals surface area contributed by atoms with E-state index in [1.807, 2.05) is 12.1 Å². The number of rotatable bonds is 2. The molecule has 0 saturated carbocycles. The lowest BCUT2D eigenvalue weighted by atomic mass is 10.0. The Morgan fingerprint density at radius 1 is 1.33 bits per heavy atom. The van der Waals surface area contributed by atoms with Crippen molar-refractivity contribution in [2.45, 2.75) is 39.4 Å². The van der Waals surface area contributed by atoms with E-state index in [1.54, 1.807) is 0 Å². The van der Waals surface area contributed by atoms with Gasteiger partial charge in [0, 0.05) is 31.7 Å². The van der Waals surface area contributed by atoms with Crippen LogP contribution < -0.4 is 5.32 Å². The van der Waals surface area contributed by atoms with Gasteiger partial charge in [-0.3, -0.25) is 4.90 Å². The highest BCUT2D eigenvalue weighted by Crippen LogP contribution is 2.15. The lowest BCUT2D eigenvalue weighted by Gasteiger charge is -2.36. The third-order valence-electron chi connectivity index (χ3n) is 3.50.